The minimum absolute atomic E-state index is 0.0319. The van der Waals surface area contributed by atoms with Crippen molar-refractivity contribution in [3.63, 3.8) is 0 Å². The second-order valence-electron chi connectivity index (χ2n) is 5.06. The van der Waals surface area contributed by atoms with Crippen LogP contribution in [0.5, 0.6) is 0 Å². The number of hydrogen-bond acceptors (Lipinski definition) is 7. The average molecular weight is 382 g/mol. The third-order valence-corrected chi connectivity index (χ3v) is 5.76. The molecule has 1 N–H and O–H groups in total. The Morgan fingerprint density at radius 3 is 2.84 bits per heavy atom. The molecule has 3 aromatic rings. The molecular formula is C15H14N2O6S2. The molecule has 1 aromatic carbocycles. The molecule has 0 radical (unpaired) electrons. The Labute approximate surface area is 146 Å². The van der Waals surface area contributed by atoms with Gasteiger partial charge in [0.25, 0.3) is 0 Å². The summed E-state index contributed by atoms with van der Waals surface area (Å²) in [5.74, 6) is -1.37. The molecule has 2 aromatic heterocycles. The zero-order chi connectivity index (χ0) is 18.0. The van der Waals surface area contributed by atoms with Crippen molar-refractivity contribution in [1.82, 2.24) is 9.29 Å². The number of methoxy groups -OCH3 is 1. The average Bonchev–Trinajstić information content (AvgIpc) is 3.21. The Hall–Kier alpha value is -2.43. The van der Waals surface area contributed by atoms with Crippen LogP contribution < -0.4 is 10.5 Å². The zero-order valence-electron chi connectivity index (χ0n) is 13.1. The number of benzene rings is 1. The van der Waals surface area contributed by atoms with Crippen LogP contribution in [-0.4, -0.2) is 26.1 Å². The maximum atomic E-state index is 12.4. The van der Waals surface area contributed by atoms with Gasteiger partial charge < -0.3 is 9.15 Å². The molecule has 10 heteroatoms. The Morgan fingerprint density at radius 2 is 2.16 bits per heavy atom. The number of esters is 1. The summed E-state index contributed by atoms with van der Waals surface area (Å²) in [5.41, 5.74) is 0.389. The predicted octanol–water partition coefficient (Wildman–Crippen LogP) is 1.31. The van der Waals surface area contributed by atoms with Gasteiger partial charge in [-0.3, -0.25) is 9.36 Å². The van der Waals surface area contributed by atoms with Gasteiger partial charge in [0.1, 0.15) is 6.54 Å². The van der Waals surface area contributed by atoms with Crippen LogP contribution in [-0.2, 0) is 32.6 Å². The smallest absolute Gasteiger partial charge is 0.420 e. The molecule has 8 nitrogen and oxygen atoms in total. The summed E-state index contributed by atoms with van der Waals surface area (Å²) in [6.45, 7) is -0.142. The van der Waals surface area contributed by atoms with Crippen LogP contribution in [0.1, 0.15) is 4.88 Å². The lowest BCUT2D eigenvalue weighted by atomic mass is 10.3. The lowest BCUT2D eigenvalue weighted by molar-refractivity contribution is -0.141. The fourth-order valence-corrected chi connectivity index (χ4v) is 3.98. The minimum Gasteiger partial charge on any atom is -0.468 e. The molecule has 0 spiro atoms. The Kier molecular flexibility index (Phi) is 4.75. The molecule has 0 aliphatic carbocycles. The highest BCUT2D eigenvalue weighted by atomic mass is 32.2. The van der Waals surface area contributed by atoms with Gasteiger partial charge in [0, 0.05) is 17.5 Å². The van der Waals surface area contributed by atoms with Crippen LogP contribution in [0.4, 0.5) is 0 Å². The topological polar surface area (TPSA) is 108 Å². The third-order valence-electron chi connectivity index (χ3n) is 3.48. The molecular weight excluding hydrogens is 368 g/mol. The van der Waals surface area contributed by atoms with E-state index in [1.807, 2.05) is 17.5 Å². The van der Waals surface area contributed by atoms with Crippen molar-refractivity contribution in [3.8, 4) is 0 Å². The van der Waals surface area contributed by atoms with Crippen LogP contribution in [0.3, 0.4) is 0 Å². The molecule has 0 bridgehead atoms. The normalized spacial score (nSPS) is 11.7. The molecule has 0 amide bonds. The molecule has 0 saturated carbocycles. The number of hydrogen-bond donors (Lipinski definition) is 1. The number of carbonyl (C=O) groups excluding carboxylic acids is 1. The van der Waals surface area contributed by atoms with E-state index in [9.17, 15) is 18.0 Å². The van der Waals surface area contributed by atoms with E-state index in [2.05, 4.69) is 9.46 Å². The molecule has 132 valence electrons. The highest BCUT2D eigenvalue weighted by Crippen LogP contribution is 2.19. The van der Waals surface area contributed by atoms with E-state index >= 15 is 0 Å². The number of ether oxygens (including phenoxy) is 1. The van der Waals surface area contributed by atoms with Crippen molar-refractivity contribution >= 4 is 38.4 Å². The first-order valence-corrected chi connectivity index (χ1v) is 9.49. The van der Waals surface area contributed by atoms with Gasteiger partial charge in [-0.05, 0) is 23.6 Å². The molecule has 0 atom stereocenters. The van der Waals surface area contributed by atoms with Gasteiger partial charge in [-0.15, -0.1) is 11.3 Å². The first-order valence-electron chi connectivity index (χ1n) is 7.13. The zero-order valence-corrected chi connectivity index (χ0v) is 14.7. The van der Waals surface area contributed by atoms with Gasteiger partial charge in [0.2, 0.25) is 10.0 Å². The summed E-state index contributed by atoms with van der Waals surface area (Å²) in [7, 11) is -2.56. The molecule has 2 heterocycles. The van der Waals surface area contributed by atoms with Crippen molar-refractivity contribution in [2.24, 2.45) is 0 Å². The summed E-state index contributed by atoms with van der Waals surface area (Å²) in [4.78, 5) is 24.1. The number of aromatic nitrogens is 1. The summed E-state index contributed by atoms with van der Waals surface area (Å²) in [5, 5.41) is 1.86. The van der Waals surface area contributed by atoms with Gasteiger partial charge in [-0.25, -0.2) is 17.9 Å². The molecule has 3 rings (SSSR count). The van der Waals surface area contributed by atoms with Gasteiger partial charge in [-0.2, -0.15) is 0 Å². The van der Waals surface area contributed by atoms with Crippen LogP contribution in [0.25, 0.3) is 11.1 Å². The van der Waals surface area contributed by atoms with E-state index < -0.39 is 21.7 Å². The largest absolute Gasteiger partial charge is 0.468 e. The Balaban J connectivity index is 1.90. The monoisotopic (exact) mass is 382 g/mol. The molecule has 0 aliphatic heterocycles. The van der Waals surface area contributed by atoms with Gasteiger partial charge in [0.15, 0.2) is 5.58 Å². The van der Waals surface area contributed by atoms with E-state index in [-0.39, 0.29) is 23.6 Å². The quantitative estimate of drug-likeness (QED) is 0.644. The highest BCUT2D eigenvalue weighted by Gasteiger charge is 2.18. The number of nitrogens with one attached hydrogen (secondary N) is 1. The maximum absolute atomic E-state index is 12.4. The Morgan fingerprint density at radius 1 is 1.36 bits per heavy atom. The number of sulfonamides is 1. The summed E-state index contributed by atoms with van der Waals surface area (Å²) in [6.07, 6.45) is 0. The van der Waals surface area contributed by atoms with E-state index in [1.54, 1.807) is 0 Å². The molecule has 0 aliphatic rings. The van der Waals surface area contributed by atoms with Crippen LogP contribution >= 0.6 is 11.3 Å². The first kappa shape index (κ1) is 17.4. The van der Waals surface area contributed by atoms with E-state index in [0.717, 1.165) is 9.44 Å². The van der Waals surface area contributed by atoms with Crippen LogP contribution in [0.2, 0.25) is 0 Å². The van der Waals surface area contributed by atoms with E-state index in [0.29, 0.717) is 5.52 Å². The Bertz CT molecular complexity index is 1060. The fraction of sp³-hybridized carbons (Fsp3) is 0.200. The number of carbonyl (C=O) groups is 1. The van der Waals surface area contributed by atoms with Crippen molar-refractivity contribution in [2.75, 3.05) is 7.11 Å². The fourth-order valence-electron chi connectivity index (χ4n) is 2.22. The number of oxazole rings is 1. The van der Waals surface area contributed by atoms with Crippen molar-refractivity contribution in [3.05, 3.63) is 51.1 Å². The van der Waals surface area contributed by atoms with Gasteiger partial charge in [-0.1, -0.05) is 6.07 Å². The molecule has 25 heavy (non-hydrogen) atoms. The van der Waals surface area contributed by atoms with Crippen LogP contribution in [0.15, 0.2) is 49.8 Å². The molecule has 0 saturated heterocycles. The standard InChI is InChI=1S/C15H14N2O6S2/c1-22-14(18)9-17-12-5-4-11(7-13(12)23-15(17)19)25(20,21)16-8-10-3-2-6-24-10/h2-7,16H,8-9H2,1H3. The predicted molar refractivity (Wildman–Crippen MR) is 90.8 cm³/mol. The third kappa shape index (κ3) is 3.65. The van der Waals surface area contributed by atoms with Gasteiger partial charge in [0.05, 0.1) is 17.5 Å². The number of thiophene rings is 1. The number of nitrogens with zero attached hydrogens (tertiary/aromatic N) is 1. The van der Waals surface area contributed by atoms with Crippen LogP contribution in [0, 0.1) is 0 Å². The van der Waals surface area contributed by atoms with Crippen molar-refractivity contribution in [1.29, 1.82) is 0 Å². The van der Waals surface area contributed by atoms with E-state index in [1.165, 1.54) is 36.6 Å². The number of rotatable bonds is 6. The van der Waals surface area contributed by atoms with Crippen molar-refractivity contribution < 1.29 is 22.4 Å². The highest BCUT2D eigenvalue weighted by molar-refractivity contribution is 7.89. The SMILES string of the molecule is COC(=O)Cn1c(=O)oc2cc(S(=O)(=O)NCc3cccs3)ccc21. The second-order valence-corrected chi connectivity index (χ2v) is 7.86. The molecule has 0 unspecified atom stereocenters. The molecule has 0 fully saturated rings. The lowest BCUT2D eigenvalue weighted by Gasteiger charge is -2.06. The summed E-state index contributed by atoms with van der Waals surface area (Å²) in [6, 6.07) is 7.67. The first-order chi connectivity index (χ1) is 11.9. The van der Waals surface area contributed by atoms with E-state index in [4.69, 9.17) is 4.42 Å². The maximum Gasteiger partial charge on any atom is 0.420 e. The lowest BCUT2D eigenvalue weighted by Crippen LogP contribution is -2.22. The van der Waals surface area contributed by atoms with Gasteiger partial charge >= 0.3 is 11.7 Å². The van der Waals surface area contributed by atoms with Crippen molar-refractivity contribution in [2.45, 2.75) is 18.0 Å². The second kappa shape index (κ2) is 6.82. The minimum atomic E-state index is -3.77. The summed E-state index contributed by atoms with van der Waals surface area (Å²) < 4.78 is 37.9. The number of fused-ring (bicyclic) bond motifs is 1. The summed E-state index contributed by atoms with van der Waals surface area (Å²) >= 11 is 1.44.